The number of urea groups is 1. The predicted octanol–water partition coefficient (Wildman–Crippen LogP) is 4.40. The lowest BCUT2D eigenvalue weighted by Crippen LogP contribution is -2.61. The number of rotatable bonds is 44. The van der Waals surface area contributed by atoms with Gasteiger partial charge >= 0.3 is 6.03 Å². The van der Waals surface area contributed by atoms with Crippen LogP contribution in [0.2, 0.25) is 5.02 Å². The fourth-order valence-corrected chi connectivity index (χ4v) is 14.7. The predicted molar refractivity (Wildman–Crippen MR) is 446 cm³/mol. The number of aliphatic hydroxyl groups is 1. The third-order valence-electron chi connectivity index (χ3n) is 21.1. The molecule has 9 rings (SSSR count). The number of fused-ring (bicyclic) bond motifs is 1. The van der Waals surface area contributed by atoms with Crippen molar-refractivity contribution in [1.82, 2.24) is 67.5 Å². The Kier molecular flexibility index (Phi) is 34.8. The molecule has 2 unspecified atom stereocenters. The van der Waals surface area contributed by atoms with Gasteiger partial charge in [0.1, 0.15) is 60.4 Å². The first-order valence-electron chi connectivity index (χ1n) is 40.6. The number of pyridine rings is 1. The van der Waals surface area contributed by atoms with Crippen LogP contribution in [0.4, 0.5) is 10.5 Å². The monoisotopic (exact) mass is 1640 g/mol. The molecule has 0 aliphatic carbocycles. The molecular formula is C86H112ClN17O14. The van der Waals surface area contributed by atoms with Crippen molar-refractivity contribution in [1.29, 1.82) is 5.41 Å². The lowest BCUT2D eigenvalue weighted by atomic mass is 9.99. The molecule has 5 aromatic carbocycles. The molecule has 118 heavy (non-hydrogen) atoms. The number of imide groups is 1. The summed E-state index contributed by atoms with van der Waals surface area (Å²) < 4.78 is 5.57. The van der Waals surface area contributed by atoms with Crippen LogP contribution in [-0.2, 0) is 96.1 Å². The second-order valence-corrected chi connectivity index (χ2v) is 31.3. The van der Waals surface area contributed by atoms with Gasteiger partial charge in [0, 0.05) is 94.4 Å². The number of guanidine groups is 1. The number of carbonyl (C=O) groups is 12. The number of likely N-dealkylation sites (tertiary alicyclic amines) is 1. The molecule has 10 atom stereocenters. The van der Waals surface area contributed by atoms with Crippen LogP contribution in [0.3, 0.4) is 0 Å². The number of carbonyl (C=O) groups excluding carboxylic acids is 12. The second kappa shape index (κ2) is 45.4. The van der Waals surface area contributed by atoms with Gasteiger partial charge in [0.15, 0.2) is 5.96 Å². The molecule has 0 spiro atoms. The number of ether oxygens (including phenoxy) is 1. The molecule has 4 heterocycles. The number of hydrogen-bond donors (Lipinski definition) is 14. The number of aliphatic hydroxyl groups excluding tert-OH is 1. The maximum atomic E-state index is 15.6. The molecule has 3 aliphatic heterocycles. The topological polar surface area (TPSA) is 453 Å². The van der Waals surface area contributed by atoms with Crippen LogP contribution in [0, 0.1) is 11.3 Å². The SMILES string of the molecule is CCCCCCCCC(=O)Nc1ccc(C[C@@H](NC(=O)[C@H](Cc2ccc(CN3CCOCC3)cc2)NC(=O)[C@H](CO)NC(=O)[C@@H](Cc2cccnc2)NC(=O)C(Cc2ccc(Cl)cc2)N2C(=O)NC(Cc3ccc4ccccc4c3)C2=O)C(=O)N[C@@H](CC(C)C)C(=O)N[C@@H](CCCNC(=N)N)C(=O)N2CCC[C@H]2C(=O)N[C@H](C)C(N)=O)cc1. The van der Waals surface area contributed by atoms with Gasteiger partial charge < -0.3 is 79.4 Å². The smallest absolute Gasteiger partial charge is 0.325 e. The van der Waals surface area contributed by atoms with Gasteiger partial charge in [-0.25, -0.2) is 9.69 Å². The molecule has 3 saturated heterocycles. The van der Waals surface area contributed by atoms with E-state index in [1.54, 1.807) is 86.6 Å². The van der Waals surface area contributed by atoms with Crippen molar-refractivity contribution in [3.05, 3.63) is 178 Å². The minimum Gasteiger partial charge on any atom is -0.394 e. The number of nitrogens with zero attached hydrogens (tertiary/aromatic N) is 4. The second-order valence-electron chi connectivity index (χ2n) is 30.9. The van der Waals surface area contributed by atoms with E-state index >= 15 is 24.0 Å². The van der Waals surface area contributed by atoms with E-state index in [2.05, 4.69) is 70.0 Å². The molecule has 0 bridgehead atoms. The largest absolute Gasteiger partial charge is 0.394 e. The number of aromatic nitrogens is 1. The number of unbranched alkanes of at least 4 members (excludes halogenated alkanes) is 5. The zero-order valence-corrected chi connectivity index (χ0v) is 68.1. The molecule has 31 nitrogen and oxygen atoms in total. The molecule has 3 aliphatic rings. The first-order valence-corrected chi connectivity index (χ1v) is 41.0. The van der Waals surface area contributed by atoms with E-state index in [0.717, 1.165) is 58.9 Å². The quantitative estimate of drug-likeness (QED) is 0.0109. The highest BCUT2D eigenvalue weighted by Crippen LogP contribution is 2.26. The summed E-state index contributed by atoms with van der Waals surface area (Å²) in [7, 11) is 0. The number of halogens is 1. The number of morpholine rings is 1. The lowest BCUT2D eigenvalue weighted by molar-refractivity contribution is -0.142. The van der Waals surface area contributed by atoms with Gasteiger partial charge in [0.25, 0.3) is 5.91 Å². The molecule has 0 saturated carbocycles. The summed E-state index contributed by atoms with van der Waals surface area (Å²) in [6, 6.07) is 22.0. The van der Waals surface area contributed by atoms with Crippen LogP contribution in [-0.4, -0.2) is 208 Å². The van der Waals surface area contributed by atoms with Crippen molar-refractivity contribution in [3.63, 3.8) is 0 Å². The number of primary amides is 1. The summed E-state index contributed by atoms with van der Waals surface area (Å²) in [6.07, 6.45) is 9.05. The molecule has 632 valence electrons. The Morgan fingerprint density at radius 3 is 1.80 bits per heavy atom. The third-order valence-corrected chi connectivity index (χ3v) is 21.4. The fourth-order valence-electron chi connectivity index (χ4n) is 14.6. The van der Waals surface area contributed by atoms with Gasteiger partial charge in [-0.15, -0.1) is 0 Å². The van der Waals surface area contributed by atoms with E-state index in [-0.39, 0.29) is 88.7 Å². The lowest BCUT2D eigenvalue weighted by Gasteiger charge is -2.31. The summed E-state index contributed by atoms with van der Waals surface area (Å²) in [5.74, 6) is -9.24. The zero-order valence-electron chi connectivity index (χ0n) is 67.4. The van der Waals surface area contributed by atoms with E-state index < -0.39 is 132 Å². The Bertz CT molecular complexity index is 4440. The number of benzene rings is 5. The summed E-state index contributed by atoms with van der Waals surface area (Å²) in [5.41, 5.74) is 15.1. The van der Waals surface area contributed by atoms with Crippen LogP contribution >= 0.6 is 11.6 Å². The Labute approximate surface area is 692 Å². The summed E-state index contributed by atoms with van der Waals surface area (Å²) in [4.78, 5) is 182. The van der Waals surface area contributed by atoms with E-state index in [9.17, 15) is 38.7 Å². The normalized spacial score (nSPS) is 16.8. The maximum absolute atomic E-state index is 15.6. The standard InChI is InChI=1S/C86H112ClN17O14/c1-5-6-7-8-9-10-21-74(106)94-64-34-29-56(30-35-64)46-67(77(109)96-66(43-53(2)3)76(108)95-65(19-14-37-92-85(89)90)83(115)103-38-15-20-72(103)81(113)93-54(4)75(88)107)97-78(110)68(45-55-22-24-58(25-23-55)51-102-39-41-118-42-40-102)98-80(112)71(52-105)100-79(111)69(48-60-16-13-36-91-50-60)99-82(114)73(49-57-27-32-63(87)33-28-57)104-84(116)70(101-86(104)117)47-59-26-31-61-17-11-12-18-62(61)44-59/h11-13,16-18,22-36,44,50,53-54,65-73,105H,5-10,14-15,19-21,37-43,45-49,51-52H2,1-4H3,(H2,88,107)(H,93,113)(H,94,106)(H,95,108)(H,96,109)(H,97,110)(H,98,112)(H,99,114)(H,100,111)(H,101,117)(H4,89,90,92)/t54-,65+,66+,67-,68+,69-,70?,71+,72+,73?/m1/s1. The number of nitrogens with two attached hydrogens (primary N) is 2. The molecule has 13 amide bonds. The van der Waals surface area contributed by atoms with Crippen molar-refractivity contribution in [2.24, 2.45) is 17.4 Å². The number of nitrogens with one attached hydrogen (secondary N) is 11. The van der Waals surface area contributed by atoms with E-state index in [1.807, 2.05) is 54.6 Å². The molecule has 16 N–H and O–H groups in total. The minimum atomic E-state index is -1.85. The van der Waals surface area contributed by atoms with Crippen molar-refractivity contribution in [2.75, 3.05) is 51.3 Å². The van der Waals surface area contributed by atoms with E-state index in [1.165, 1.54) is 24.2 Å². The van der Waals surface area contributed by atoms with E-state index in [0.29, 0.717) is 85.1 Å². The molecule has 6 aromatic rings. The minimum absolute atomic E-state index is 0.00775. The van der Waals surface area contributed by atoms with Gasteiger partial charge in [-0.2, -0.15) is 0 Å². The summed E-state index contributed by atoms with van der Waals surface area (Å²) >= 11 is 6.29. The Hall–Kier alpha value is -11.4. The van der Waals surface area contributed by atoms with Crippen LogP contribution in [0.15, 0.2) is 140 Å². The van der Waals surface area contributed by atoms with Crippen molar-refractivity contribution in [2.45, 2.75) is 204 Å². The Morgan fingerprint density at radius 2 is 1.17 bits per heavy atom. The first kappa shape index (κ1) is 90.5. The zero-order chi connectivity index (χ0) is 84.8. The number of hydrogen-bond acceptors (Lipinski definition) is 17. The first-order chi connectivity index (χ1) is 56.7. The number of amides is 13. The van der Waals surface area contributed by atoms with Gasteiger partial charge in [0.2, 0.25) is 59.1 Å². The highest BCUT2D eigenvalue weighted by Gasteiger charge is 2.46. The fraction of sp³-hybridized carbons (Fsp3) is 0.465. The highest BCUT2D eigenvalue weighted by atomic mass is 35.5. The average molecular weight is 1640 g/mol. The summed E-state index contributed by atoms with van der Waals surface area (Å²) in [6.45, 7) is 9.44. The Morgan fingerprint density at radius 1 is 0.610 bits per heavy atom. The number of anilines is 1. The molecular weight excluding hydrogens is 1530 g/mol. The molecule has 3 fully saturated rings. The molecule has 32 heteroatoms. The molecule has 0 radical (unpaired) electrons. The van der Waals surface area contributed by atoms with Crippen LogP contribution in [0.1, 0.15) is 138 Å². The van der Waals surface area contributed by atoms with Crippen LogP contribution in [0.25, 0.3) is 10.8 Å². The van der Waals surface area contributed by atoms with Gasteiger partial charge in [0.05, 0.1) is 19.8 Å². The average Bonchev–Trinajstić information content (AvgIpc) is 1.64. The molecule has 1 aromatic heterocycles. The van der Waals surface area contributed by atoms with Crippen molar-refractivity contribution >= 4 is 105 Å². The third kappa shape index (κ3) is 27.6. The maximum Gasteiger partial charge on any atom is 0.325 e. The van der Waals surface area contributed by atoms with Crippen molar-refractivity contribution in [3.8, 4) is 0 Å². The highest BCUT2D eigenvalue weighted by molar-refractivity contribution is 6.30. The van der Waals surface area contributed by atoms with Crippen LogP contribution < -0.4 is 64.6 Å². The van der Waals surface area contributed by atoms with Gasteiger partial charge in [-0.05, 0) is 126 Å². The van der Waals surface area contributed by atoms with Gasteiger partial charge in [-0.1, -0.05) is 162 Å². The van der Waals surface area contributed by atoms with Crippen molar-refractivity contribution < 1.29 is 67.4 Å². The van der Waals surface area contributed by atoms with Crippen LogP contribution in [0.5, 0.6) is 0 Å². The van der Waals surface area contributed by atoms with Gasteiger partial charge in [-0.3, -0.25) is 68.0 Å². The summed E-state index contributed by atoms with van der Waals surface area (Å²) in [5, 5.41) is 48.7. The van der Waals surface area contributed by atoms with E-state index in [4.69, 9.17) is 33.2 Å². The Balaban J connectivity index is 1.00.